The van der Waals surface area contributed by atoms with Crippen LogP contribution in [0.25, 0.3) is 0 Å². The molecule has 1 aromatic rings. The van der Waals surface area contributed by atoms with Crippen molar-refractivity contribution in [3.8, 4) is 0 Å². The fourth-order valence-electron chi connectivity index (χ4n) is 1.38. The molecule has 3 heteroatoms. The maximum Gasteiger partial charge on any atom is 0.0589 e. The molecule has 80 valence electrons. The van der Waals surface area contributed by atoms with Crippen LogP contribution in [0.5, 0.6) is 0 Å². The smallest absolute Gasteiger partial charge is 0.0589 e. The Labute approximate surface area is 89.2 Å². The highest BCUT2D eigenvalue weighted by atomic mass is 32.1. The molecule has 0 spiro atoms. The van der Waals surface area contributed by atoms with E-state index in [0.29, 0.717) is 12.8 Å². The van der Waals surface area contributed by atoms with Gasteiger partial charge in [0.2, 0.25) is 0 Å². The molecule has 2 N–H and O–H groups in total. The van der Waals surface area contributed by atoms with E-state index in [1.54, 1.807) is 11.3 Å². The first-order valence-electron chi connectivity index (χ1n) is 5.12. The molecular formula is C11H18O2S. The molecule has 14 heavy (non-hydrogen) atoms. The lowest BCUT2D eigenvalue weighted by Gasteiger charge is -2.07. The summed E-state index contributed by atoms with van der Waals surface area (Å²) in [5.74, 6) is 0. The van der Waals surface area contributed by atoms with Crippen molar-refractivity contribution in [3.05, 3.63) is 21.9 Å². The first-order valence-corrected chi connectivity index (χ1v) is 5.94. The van der Waals surface area contributed by atoms with Gasteiger partial charge in [-0.15, -0.1) is 11.3 Å². The lowest BCUT2D eigenvalue weighted by molar-refractivity contribution is 0.150. The molecule has 1 unspecified atom stereocenters. The summed E-state index contributed by atoms with van der Waals surface area (Å²) in [5, 5.41) is 18.2. The number of aryl methyl sites for hydroxylation is 1. The third-order valence-electron chi connectivity index (χ3n) is 2.20. The molecule has 0 fully saturated rings. The molecule has 2 nitrogen and oxygen atoms in total. The van der Waals surface area contributed by atoms with Crippen molar-refractivity contribution in [1.29, 1.82) is 0 Å². The van der Waals surface area contributed by atoms with Crippen LogP contribution in [-0.2, 0) is 12.8 Å². The topological polar surface area (TPSA) is 40.5 Å². The van der Waals surface area contributed by atoms with Crippen LogP contribution >= 0.6 is 11.3 Å². The van der Waals surface area contributed by atoms with E-state index in [4.69, 9.17) is 5.11 Å². The van der Waals surface area contributed by atoms with Gasteiger partial charge in [0.15, 0.2) is 0 Å². The number of thiophene rings is 1. The second-order valence-electron chi connectivity index (χ2n) is 3.45. The number of rotatable bonds is 6. The van der Waals surface area contributed by atoms with Gasteiger partial charge >= 0.3 is 0 Å². The van der Waals surface area contributed by atoms with E-state index in [-0.39, 0.29) is 12.7 Å². The van der Waals surface area contributed by atoms with E-state index in [1.807, 2.05) is 0 Å². The summed E-state index contributed by atoms with van der Waals surface area (Å²) in [6.07, 6.45) is 2.87. The minimum Gasteiger partial charge on any atom is -0.396 e. The zero-order valence-corrected chi connectivity index (χ0v) is 9.39. The molecule has 0 aliphatic rings. The van der Waals surface area contributed by atoms with Crippen molar-refractivity contribution >= 4 is 11.3 Å². The molecular weight excluding hydrogens is 196 g/mol. The van der Waals surface area contributed by atoms with Crippen LogP contribution < -0.4 is 0 Å². The van der Waals surface area contributed by atoms with Crippen LogP contribution in [0.15, 0.2) is 12.1 Å². The standard InChI is InChI=1S/C11H18O2S/c1-2-10-5-6-11(14-10)8-9(13)4-3-7-12/h5-6,9,12-13H,2-4,7-8H2,1H3. The largest absolute Gasteiger partial charge is 0.396 e. The Morgan fingerprint density at radius 3 is 2.64 bits per heavy atom. The van der Waals surface area contributed by atoms with Crippen LogP contribution in [0, 0.1) is 0 Å². The number of aliphatic hydroxyl groups is 2. The van der Waals surface area contributed by atoms with E-state index in [0.717, 1.165) is 12.8 Å². The van der Waals surface area contributed by atoms with Crippen LogP contribution in [0.1, 0.15) is 29.5 Å². The van der Waals surface area contributed by atoms with Crippen LogP contribution in [-0.4, -0.2) is 22.9 Å². The van der Waals surface area contributed by atoms with Gasteiger partial charge in [-0.3, -0.25) is 0 Å². The summed E-state index contributed by atoms with van der Waals surface area (Å²) in [4.78, 5) is 2.61. The Morgan fingerprint density at radius 1 is 1.36 bits per heavy atom. The third kappa shape index (κ3) is 3.78. The molecule has 0 amide bonds. The van der Waals surface area contributed by atoms with Gasteiger partial charge in [0.05, 0.1) is 6.10 Å². The summed E-state index contributed by atoms with van der Waals surface area (Å²) < 4.78 is 0. The molecule has 0 radical (unpaired) electrons. The SMILES string of the molecule is CCc1ccc(CC(O)CCCO)s1. The lowest BCUT2D eigenvalue weighted by Crippen LogP contribution is -2.09. The van der Waals surface area contributed by atoms with Crippen molar-refractivity contribution in [2.24, 2.45) is 0 Å². The molecule has 1 heterocycles. The van der Waals surface area contributed by atoms with E-state index in [2.05, 4.69) is 19.1 Å². The van der Waals surface area contributed by atoms with Gasteiger partial charge in [-0.25, -0.2) is 0 Å². The summed E-state index contributed by atoms with van der Waals surface area (Å²) in [7, 11) is 0. The highest BCUT2D eigenvalue weighted by molar-refractivity contribution is 7.11. The van der Waals surface area contributed by atoms with Gasteiger partial charge in [0.1, 0.15) is 0 Å². The van der Waals surface area contributed by atoms with Crippen molar-refractivity contribution in [1.82, 2.24) is 0 Å². The Bertz CT molecular complexity index is 258. The molecule has 0 bridgehead atoms. The second-order valence-corrected chi connectivity index (χ2v) is 4.70. The molecule has 1 atom stereocenters. The van der Waals surface area contributed by atoms with E-state index in [1.165, 1.54) is 9.75 Å². The number of aliphatic hydroxyl groups excluding tert-OH is 2. The van der Waals surface area contributed by atoms with Crippen molar-refractivity contribution < 1.29 is 10.2 Å². The Hall–Kier alpha value is -0.380. The van der Waals surface area contributed by atoms with E-state index in [9.17, 15) is 5.11 Å². The molecule has 0 saturated heterocycles. The van der Waals surface area contributed by atoms with Crippen molar-refractivity contribution in [3.63, 3.8) is 0 Å². The number of hydrogen-bond acceptors (Lipinski definition) is 3. The van der Waals surface area contributed by atoms with E-state index >= 15 is 0 Å². The van der Waals surface area contributed by atoms with Crippen molar-refractivity contribution in [2.75, 3.05) is 6.61 Å². The average Bonchev–Trinajstić information content (AvgIpc) is 2.62. The summed E-state index contributed by atoms with van der Waals surface area (Å²) in [5.41, 5.74) is 0. The first-order chi connectivity index (χ1) is 6.76. The fourth-order valence-corrected chi connectivity index (χ4v) is 2.41. The molecule has 0 aromatic carbocycles. The Morgan fingerprint density at radius 2 is 2.07 bits per heavy atom. The predicted octanol–water partition coefficient (Wildman–Crippen LogP) is 1.99. The van der Waals surface area contributed by atoms with Gasteiger partial charge < -0.3 is 10.2 Å². The van der Waals surface area contributed by atoms with Crippen LogP contribution in [0.2, 0.25) is 0 Å². The Kier molecular flexibility index (Phi) is 5.15. The zero-order valence-electron chi connectivity index (χ0n) is 8.57. The molecule has 1 rings (SSSR count). The molecule has 1 aromatic heterocycles. The van der Waals surface area contributed by atoms with Crippen LogP contribution in [0.4, 0.5) is 0 Å². The Balaban J connectivity index is 2.35. The molecule has 0 saturated carbocycles. The van der Waals surface area contributed by atoms with Gasteiger partial charge in [-0.2, -0.15) is 0 Å². The first kappa shape index (κ1) is 11.7. The molecule has 0 aliphatic heterocycles. The third-order valence-corrected chi connectivity index (χ3v) is 3.45. The average molecular weight is 214 g/mol. The second kappa shape index (κ2) is 6.17. The van der Waals surface area contributed by atoms with E-state index < -0.39 is 0 Å². The monoisotopic (exact) mass is 214 g/mol. The predicted molar refractivity (Wildman–Crippen MR) is 59.7 cm³/mol. The van der Waals surface area contributed by atoms with Gasteiger partial charge in [-0.1, -0.05) is 6.92 Å². The quantitative estimate of drug-likeness (QED) is 0.760. The summed E-state index contributed by atoms with van der Waals surface area (Å²) in [6.45, 7) is 2.31. The van der Waals surface area contributed by atoms with Crippen molar-refractivity contribution in [2.45, 2.75) is 38.7 Å². The highest BCUT2D eigenvalue weighted by Gasteiger charge is 2.06. The minimum absolute atomic E-state index is 0.168. The van der Waals surface area contributed by atoms with Gasteiger partial charge in [-0.05, 0) is 31.4 Å². The minimum atomic E-state index is -0.300. The zero-order chi connectivity index (χ0) is 10.4. The van der Waals surface area contributed by atoms with Crippen LogP contribution in [0.3, 0.4) is 0 Å². The fraction of sp³-hybridized carbons (Fsp3) is 0.636. The maximum atomic E-state index is 9.61. The maximum absolute atomic E-state index is 9.61. The summed E-state index contributed by atoms with van der Waals surface area (Å²) >= 11 is 1.77. The molecule has 0 aliphatic carbocycles. The lowest BCUT2D eigenvalue weighted by atomic mass is 10.1. The van der Waals surface area contributed by atoms with Gasteiger partial charge in [0, 0.05) is 22.8 Å². The highest BCUT2D eigenvalue weighted by Crippen LogP contribution is 2.19. The van der Waals surface area contributed by atoms with Gasteiger partial charge in [0.25, 0.3) is 0 Å². The number of hydrogen-bond donors (Lipinski definition) is 2. The normalized spacial score (nSPS) is 13.1. The summed E-state index contributed by atoms with van der Waals surface area (Å²) in [6, 6.07) is 4.21.